The van der Waals surface area contributed by atoms with Gasteiger partial charge in [0.05, 0.1) is 5.56 Å². The average Bonchev–Trinajstić information content (AvgIpc) is 2.28. The molecule has 1 amide bonds. The molecule has 0 spiro atoms. The first-order chi connectivity index (χ1) is 7.95. The van der Waals surface area contributed by atoms with Gasteiger partial charge >= 0.3 is 0 Å². The Morgan fingerprint density at radius 3 is 2.71 bits per heavy atom. The van der Waals surface area contributed by atoms with Crippen LogP contribution < -0.4 is 5.32 Å². The van der Waals surface area contributed by atoms with E-state index in [9.17, 15) is 14.3 Å². The second-order valence-electron chi connectivity index (χ2n) is 4.14. The van der Waals surface area contributed by atoms with E-state index in [1.165, 1.54) is 0 Å². The zero-order valence-electron chi connectivity index (χ0n) is 9.71. The van der Waals surface area contributed by atoms with Crippen LogP contribution in [0.2, 0.25) is 0 Å². The van der Waals surface area contributed by atoms with Gasteiger partial charge in [0.1, 0.15) is 11.6 Å². The highest BCUT2D eigenvalue weighted by Gasteiger charge is 2.18. The van der Waals surface area contributed by atoms with Gasteiger partial charge in [-0.3, -0.25) is 4.79 Å². The van der Waals surface area contributed by atoms with Crippen molar-refractivity contribution in [2.75, 3.05) is 5.88 Å². The lowest BCUT2D eigenvalue weighted by Gasteiger charge is -2.19. The molecule has 1 rings (SSSR count). The van der Waals surface area contributed by atoms with Crippen LogP contribution in [-0.4, -0.2) is 22.9 Å². The molecule has 0 saturated heterocycles. The largest absolute Gasteiger partial charge is 0.507 e. The minimum atomic E-state index is -0.570. The molecule has 1 aromatic rings. The summed E-state index contributed by atoms with van der Waals surface area (Å²) in [6.45, 7) is 3.83. The first-order valence-electron chi connectivity index (χ1n) is 5.31. The molecular formula is C12H15ClFNO2. The summed E-state index contributed by atoms with van der Waals surface area (Å²) in [5.41, 5.74) is -0.0826. The number of hydrogen-bond acceptors (Lipinski definition) is 2. The molecule has 1 aromatic carbocycles. The van der Waals surface area contributed by atoms with Gasteiger partial charge in [-0.25, -0.2) is 4.39 Å². The van der Waals surface area contributed by atoms with Crippen LogP contribution in [-0.2, 0) is 0 Å². The summed E-state index contributed by atoms with van der Waals surface area (Å²) in [4.78, 5) is 11.8. The Morgan fingerprint density at radius 2 is 2.18 bits per heavy atom. The van der Waals surface area contributed by atoms with Crippen LogP contribution in [0.15, 0.2) is 18.2 Å². The van der Waals surface area contributed by atoms with E-state index in [0.717, 1.165) is 18.2 Å². The Labute approximate surface area is 105 Å². The lowest BCUT2D eigenvalue weighted by atomic mass is 10.1. The lowest BCUT2D eigenvalue weighted by Crippen LogP contribution is -2.39. The molecule has 0 aromatic heterocycles. The highest BCUT2D eigenvalue weighted by atomic mass is 35.5. The zero-order valence-corrected chi connectivity index (χ0v) is 10.5. The number of benzene rings is 1. The highest BCUT2D eigenvalue weighted by molar-refractivity contribution is 6.18. The molecule has 0 aliphatic carbocycles. The molecule has 0 saturated carbocycles. The van der Waals surface area contributed by atoms with Crippen LogP contribution in [0.1, 0.15) is 24.2 Å². The lowest BCUT2D eigenvalue weighted by molar-refractivity contribution is 0.0928. The fourth-order valence-electron chi connectivity index (χ4n) is 1.32. The zero-order chi connectivity index (χ0) is 13.0. The molecule has 2 N–H and O–H groups in total. The quantitative estimate of drug-likeness (QED) is 0.817. The molecule has 1 unspecified atom stereocenters. The third kappa shape index (κ3) is 3.60. The van der Waals surface area contributed by atoms with Crippen molar-refractivity contribution in [2.24, 2.45) is 5.92 Å². The maximum atomic E-state index is 13.0. The minimum Gasteiger partial charge on any atom is -0.507 e. The second kappa shape index (κ2) is 5.87. The van der Waals surface area contributed by atoms with Gasteiger partial charge < -0.3 is 10.4 Å². The van der Waals surface area contributed by atoms with E-state index in [4.69, 9.17) is 11.6 Å². The summed E-state index contributed by atoms with van der Waals surface area (Å²) < 4.78 is 13.0. The number of carbonyl (C=O) groups is 1. The first kappa shape index (κ1) is 13.8. The first-order valence-corrected chi connectivity index (χ1v) is 5.84. The number of hydrogen-bond donors (Lipinski definition) is 2. The van der Waals surface area contributed by atoms with Gasteiger partial charge in [-0.15, -0.1) is 11.6 Å². The van der Waals surface area contributed by atoms with E-state index in [1.807, 2.05) is 13.8 Å². The van der Waals surface area contributed by atoms with Crippen LogP contribution in [0.5, 0.6) is 5.75 Å². The molecular weight excluding hydrogens is 245 g/mol. The third-order valence-corrected chi connectivity index (χ3v) is 2.82. The van der Waals surface area contributed by atoms with Crippen LogP contribution in [0, 0.1) is 11.7 Å². The molecule has 94 valence electrons. The van der Waals surface area contributed by atoms with Crippen molar-refractivity contribution in [2.45, 2.75) is 19.9 Å². The molecule has 0 radical (unpaired) electrons. The predicted octanol–water partition coefficient (Wildman–Crippen LogP) is 2.52. The van der Waals surface area contributed by atoms with E-state index in [1.54, 1.807) is 0 Å². The smallest absolute Gasteiger partial charge is 0.255 e. The predicted molar refractivity (Wildman–Crippen MR) is 64.9 cm³/mol. The number of halogens is 2. The van der Waals surface area contributed by atoms with Crippen molar-refractivity contribution in [3.8, 4) is 5.75 Å². The fraction of sp³-hybridized carbons (Fsp3) is 0.417. The summed E-state index contributed by atoms with van der Waals surface area (Å²) >= 11 is 5.71. The Hall–Kier alpha value is -1.29. The number of phenols is 1. The van der Waals surface area contributed by atoms with Crippen LogP contribution in [0.25, 0.3) is 0 Å². The van der Waals surface area contributed by atoms with Gasteiger partial charge in [0, 0.05) is 11.9 Å². The maximum absolute atomic E-state index is 13.0. The van der Waals surface area contributed by atoms with E-state index < -0.39 is 11.7 Å². The van der Waals surface area contributed by atoms with Crippen molar-refractivity contribution in [3.63, 3.8) is 0 Å². The molecule has 0 bridgehead atoms. The molecule has 3 nitrogen and oxygen atoms in total. The van der Waals surface area contributed by atoms with Gasteiger partial charge in [0.2, 0.25) is 0 Å². The number of alkyl halides is 1. The molecule has 0 aliphatic rings. The normalized spacial score (nSPS) is 12.5. The summed E-state index contributed by atoms with van der Waals surface area (Å²) in [6, 6.07) is 3.02. The van der Waals surface area contributed by atoms with Crippen molar-refractivity contribution in [3.05, 3.63) is 29.6 Å². The summed E-state index contributed by atoms with van der Waals surface area (Å²) in [5, 5.41) is 12.1. The number of phenolic OH excluding ortho intramolecular Hbond substituents is 1. The fourth-order valence-corrected chi connectivity index (χ4v) is 1.75. The van der Waals surface area contributed by atoms with E-state index in [-0.39, 0.29) is 29.2 Å². The monoisotopic (exact) mass is 259 g/mol. The van der Waals surface area contributed by atoms with E-state index in [2.05, 4.69) is 5.32 Å². The third-order valence-electron chi connectivity index (χ3n) is 2.49. The van der Waals surface area contributed by atoms with E-state index >= 15 is 0 Å². The van der Waals surface area contributed by atoms with Crippen molar-refractivity contribution < 1.29 is 14.3 Å². The van der Waals surface area contributed by atoms with Crippen molar-refractivity contribution in [1.82, 2.24) is 5.32 Å². The Kier molecular flexibility index (Phi) is 4.75. The maximum Gasteiger partial charge on any atom is 0.255 e. The molecule has 1 atom stereocenters. The molecule has 17 heavy (non-hydrogen) atoms. The SMILES string of the molecule is CC(C)C(CCl)NC(=O)c1cc(F)ccc1O. The number of nitrogens with one attached hydrogen (secondary N) is 1. The summed E-state index contributed by atoms with van der Waals surface area (Å²) in [7, 11) is 0. The second-order valence-corrected chi connectivity index (χ2v) is 4.45. The molecule has 5 heteroatoms. The van der Waals surface area contributed by atoms with Crippen LogP contribution >= 0.6 is 11.6 Å². The summed E-state index contributed by atoms with van der Waals surface area (Å²) in [5.74, 6) is -0.922. The summed E-state index contributed by atoms with van der Waals surface area (Å²) in [6.07, 6.45) is 0. The topological polar surface area (TPSA) is 49.3 Å². The van der Waals surface area contributed by atoms with E-state index in [0.29, 0.717) is 0 Å². The Balaban J connectivity index is 2.86. The van der Waals surface area contributed by atoms with Crippen LogP contribution in [0.3, 0.4) is 0 Å². The molecule has 0 aliphatic heterocycles. The van der Waals surface area contributed by atoms with Gasteiger partial charge in [-0.05, 0) is 24.1 Å². The standard InChI is InChI=1S/C12H15ClFNO2/c1-7(2)10(6-13)15-12(17)9-5-8(14)3-4-11(9)16/h3-5,7,10,16H,6H2,1-2H3,(H,15,17). The number of aromatic hydroxyl groups is 1. The van der Waals surface area contributed by atoms with Gasteiger partial charge in [0.25, 0.3) is 5.91 Å². The minimum absolute atomic E-state index is 0.0826. The van der Waals surface area contributed by atoms with Gasteiger partial charge in [-0.2, -0.15) is 0 Å². The number of carbonyl (C=O) groups excluding carboxylic acids is 1. The molecule has 0 fully saturated rings. The van der Waals surface area contributed by atoms with Gasteiger partial charge in [0.15, 0.2) is 0 Å². The Morgan fingerprint density at radius 1 is 1.53 bits per heavy atom. The molecule has 0 heterocycles. The van der Waals surface area contributed by atoms with Gasteiger partial charge in [-0.1, -0.05) is 13.8 Å². The van der Waals surface area contributed by atoms with Crippen molar-refractivity contribution >= 4 is 17.5 Å². The Bertz CT molecular complexity index is 409. The highest BCUT2D eigenvalue weighted by Crippen LogP contribution is 2.18. The van der Waals surface area contributed by atoms with Crippen molar-refractivity contribution in [1.29, 1.82) is 0 Å². The average molecular weight is 260 g/mol. The number of rotatable bonds is 4. The van der Waals surface area contributed by atoms with Crippen LogP contribution in [0.4, 0.5) is 4.39 Å². The number of amides is 1.